The first kappa shape index (κ1) is 18.4. The number of nitrogens with zero attached hydrogens (tertiary/aromatic N) is 1. The molecule has 0 saturated heterocycles. The summed E-state index contributed by atoms with van der Waals surface area (Å²) in [5, 5.41) is 3.48. The highest BCUT2D eigenvalue weighted by Crippen LogP contribution is 2.41. The first-order valence-corrected chi connectivity index (χ1v) is 8.70. The molecule has 1 aliphatic carbocycles. The lowest BCUT2D eigenvalue weighted by atomic mass is 9.91. The quantitative estimate of drug-likeness (QED) is 0.563. The summed E-state index contributed by atoms with van der Waals surface area (Å²) in [6, 6.07) is 0. The Hall–Kier alpha value is -0.610. The Morgan fingerprint density at radius 2 is 1.76 bits per heavy atom. The Balaban J connectivity index is 2.80. The van der Waals surface area contributed by atoms with Crippen LogP contribution >= 0.6 is 0 Å². The van der Waals surface area contributed by atoms with Crippen molar-refractivity contribution in [3.63, 3.8) is 0 Å². The Morgan fingerprint density at radius 3 is 2.14 bits per heavy atom. The second kappa shape index (κ2) is 9.42. The van der Waals surface area contributed by atoms with Crippen molar-refractivity contribution < 1.29 is 9.53 Å². The molecular weight excluding hydrogens is 264 g/mol. The van der Waals surface area contributed by atoms with Gasteiger partial charge in [0, 0.05) is 6.54 Å². The van der Waals surface area contributed by atoms with Crippen LogP contribution in [0.5, 0.6) is 0 Å². The zero-order chi connectivity index (χ0) is 15.7. The van der Waals surface area contributed by atoms with E-state index < -0.39 is 5.54 Å². The van der Waals surface area contributed by atoms with E-state index in [0.29, 0.717) is 5.92 Å². The van der Waals surface area contributed by atoms with Crippen molar-refractivity contribution in [3.8, 4) is 0 Å². The van der Waals surface area contributed by atoms with Crippen molar-refractivity contribution in [2.45, 2.75) is 64.8 Å². The molecule has 1 fully saturated rings. The Labute approximate surface area is 130 Å². The third kappa shape index (κ3) is 5.26. The fourth-order valence-electron chi connectivity index (χ4n) is 3.09. The van der Waals surface area contributed by atoms with E-state index in [4.69, 9.17) is 4.74 Å². The molecule has 1 atom stereocenters. The molecule has 0 heterocycles. The van der Waals surface area contributed by atoms with Gasteiger partial charge in [-0.05, 0) is 51.2 Å². The molecule has 0 radical (unpaired) electrons. The maximum absolute atomic E-state index is 12.5. The highest BCUT2D eigenvalue weighted by atomic mass is 16.5. The summed E-state index contributed by atoms with van der Waals surface area (Å²) in [5.74, 6) is 0.362. The van der Waals surface area contributed by atoms with Gasteiger partial charge in [0.25, 0.3) is 0 Å². The third-order valence-electron chi connectivity index (χ3n) is 4.44. The van der Waals surface area contributed by atoms with E-state index in [1.165, 1.54) is 32.8 Å². The van der Waals surface area contributed by atoms with Crippen LogP contribution < -0.4 is 5.32 Å². The van der Waals surface area contributed by atoms with Gasteiger partial charge in [0.1, 0.15) is 5.54 Å². The molecule has 0 aliphatic heterocycles. The molecule has 1 saturated carbocycles. The first-order chi connectivity index (χ1) is 10.1. The van der Waals surface area contributed by atoms with Gasteiger partial charge in [-0.15, -0.1) is 0 Å². The number of ether oxygens (including phenoxy) is 1. The topological polar surface area (TPSA) is 41.6 Å². The predicted molar refractivity (Wildman–Crippen MR) is 87.4 cm³/mol. The summed E-state index contributed by atoms with van der Waals surface area (Å²) in [6.07, 6.45) is 7.04. The molecule has 1 aliphatic rings. The molecule has 0 aromatic rings. The molecule has 1 rings (SSSR count). The summed E-state index contributed by atoms with van der Waals surface area (Å²) >= 11 is 0. The largest absolute Gasteiger partial charge is 0.468 e. The molecule has 0 aromatic carbocycles. The van der Waals surface area contributed by atoms with E-state index >= 15 is 0 Å². The van der Waals surface area contributed by atoms with Gasteiger partial charge in [-0.1, -0.05) is 33.6 Å². The maximum atomic E-state index is 12.5. The zero-order valence-corrected chi connectivity index (χ0v) is 14.4. The van der Waals surface area contributed by atoms with Gasteiger partial charge in [0.05, 0.1) is 7.11 Å². The number of esters is 1. The van der Waals surface area contributed by atoms with E-state index in [0.717, 1.165) is 39.0 Å². The van der Waals surface area contributed by atoms with Crippen LogP contribution in [0.25, 0.3) is 0 Å². The number of unbranched alkanes of at least 4 members (excludes halogenated alkanes) is 2. The predicted octanol–water partition coefficient (Wildman–Crippen LogP) is 2.82. The molecule has 124 valence electrons. The number of likely N-dealkylation sites (N-methyl/N-ethyl adjacent to an activating group) is 1. The van der Waals surface area contributed by atoms with Gasteiger partial charge in [-0.25, -0.2) is 4.79 Å². The number of nitrogens with one attached hydrogen (secondary N) is 1. The van der Waals surface area contributed by atoms with Gasteiger partial charge in [0.2, 0.25) is 0 Å². The molecule has 21 heavy (non-hydrogen) atoms. The summed E-state index contributed by atoms with van der Waals surface area (Å²) in [5.41, 5.74) is -0.495. The summed E-state index contributed by atoms with van der Waals surface area (Å²) in [4.78, 5) is 14.9. The van der Waals surface area contributed by atoms with Gasteiger partial charge < -0.3 is 15.0 Å². The number of methoxy groups -OCH3 is 1. The van der Waals surface area contributed by atoms with Crippen LogP contribution in [0.3, 0.4) is 0 Å². The van der Waals surface area contributed by atoms with Gasteiger partial charge >= 0.3 is 5.97 Å². The molecule has 1 unspecified atom stereocenters. The lowest BCUT2D eigenvalue weighted by molar-refractivity contribution is -0.150. The Kier molecular flexibility index (Phi) is 8.27. The van der Waals surface area contributed by atoms with Gasteiger partial charge in [-0.3, -0.25) is 0 Å². The summed E-state index contributed by atoms with van der Waals surface area (Å²) in [6.45, 7) is 10.3. The monoisotopic (exact) mass is 298 g/mol. The van der Waals surface area contributed by atoms with E-state index in [9.17, 15) is 4.79 Å². The maximum Gasteiger partial charge on any atom is 0.327 e. The van der Waals surface area contributed by atoms with Crippen molar-refractivity contribution in [1.29, 1.82) is 0 Å². The van der Waals surface area contributed by atoms with Crippen LogP contribution in [0.4, 0.5) is 0 Å². The summed E-state index contributed by atoms with van der Waals surface area (Å²) in [7, 11) is 1.51. The molecule has 0 spiro atoms. The molecular formula is C17H34N2O2. The van der Waals surface area contributed by atoms with Crippen LogP contribution in [0.15, 0.2) is 0 Å². The molecule has 0 aromatic heterocycles. The van der Waals surface area contributed by atoms with Crippen LogP contribution in [-0.4, -0.2) is 49.7 Å². The minimum Gasteiger partial charge on any atom is -0.468 e. The van der Waals surface area contributed by atoms with Crippen molar-refractivity contribution >= 4 is 5.97 Å². The molecule has 0 bridgehead atoms. The van der Waals surface area contributed by atoms with Gasteiger partial charge in [0.15, 0.2) is 0 Å². The lowest BCUT2D eigenvalue weighted by Gasteiger charge is -2.37. The van der Waals surface area contributed by atoms with Crippen molar-refractivity contribution in [3.05, 3.63) is 0 Å². The number of carbonyl (C=O) groups is 1. The minimum atomic E-state index is -0.495. The highest BCUT2D eigenvalue weighted by Gasteiger charge is 2.52. The minimum absolute atomic E-state index is 0.0788. The zero-order valence-electron chi connectivity index (χ0n) is 14.4. The molecule has 1 N–H and O–H groups in total. The fourth-order valence-corrected chi connectivity index (χ4v) is 3.09. The van der Waals surface area contributed by atoms with Gasteiger partial charge in [-0.2, -0.15) is 0 Å². The Bertz CT molecular complexity index is 297. The highest BCUT2D eigenvalue weighted by molar-refractivity contribution is 5.82. The standard InChI is InChI=1S/C17H34N2O2/c1-5-8-12-19(13-9-6-2)14-17(18-7-3,15-10-11-15)16(20)21-4/h15,18H,5-14H2,1-4H3. The van der Waals surface area contributed by atoms with E-state index in [1.807, 2.05) is 0 Å². The molecule has 4 heteroatoms. The third-order valence-corrected chi connectivity index (χ3v) is 4.44. The van der Waals surface area contributed by atoms with E-state index in [-0.39, 0.29) is 5.97 Å². The second-order valence-electron chi connectivity index (χ2n) is 6.25. The average Bonchev–Trinajstić information content (AvgIpc) is 3.33. The molecule has 4 nitrogen and oxygen atoms in total. The fraction of sp³-hybridized carbons (Fsp3) is 0.941. The first-order valence-electron chi connectivity index (χ1n) is 8.70. The van der Waals surface area contributed by atoms with Crippen LogP contribution in [-0.2, 0) is 9.53 Å². The number of carbonyl (C=O) groups excluding carboxylic acids is 1. The average molecular weight is 298 g/mol. The SMILES string of the molecule is CCCCN(CCCC)CC(NCC)(C(=O)OC)C1CC1. The van der Waals surface area contributed by atoms with Crippen LogP contribution in [0, 0.1) is 5.92 Å². The second-order valence-corrected chi connectivity index (χ2v) is 6.25. The number of rotatable bonds is 12. The van der Waals surface area contributed by atoms with Crippen LogP contribution in [0.2, 0.25) is 0 Å². The normalized spacial score (nSPS) is 17.8. The lowest BCUT2D eigenvalue weighted by Crippen LogP contribution is -2.61. The number of hydrogen-bond acceptors (Lipinski definition) is 4. The van der Waals surface area contributed by atoms with Crippen LogP contribution in [0.1, 0.15) is 59.3 Å². The molecule has 0 amide bonds. The van der Waals surface area contributed by atoms with Crippen molar-refractivity contribution in [1.82, 2.24) is 10.2 Å². The van der Waals surface area contributed by atoms with E-state index in [1.54, 1.807) is 0 Å². The smallest absolute Gasteiger partial charge is 0.327 e. The summed E-state index contributed by atoms with van der Waals surface area (Å²) < 4.78 is 5.15. The Morgan fingerprint density at radius 1 is 1.19 bits per heavy atom. The number of hydrogen-bond donors (Lipinski definition) is 1. The van der Waals surface area contributed by atoms with Crippen molar-refractivity contribution in [2.75, 3.05) is 33.3 Å². The van der Waals surface area contributed by atoms with Crippen molar-refractivity contribution in [2.24, 2.45) is 5.92 Å². The van der Waals surface area contributed by atoms with E-state index in [2.05, 4.69) is 31.0 Å².